The number of rotatable bonds is 7. The third-order valence-corrected chi connectivity index (χ3v) is 5.90. The minimum Gasteiger partial charge on any atom is -0.480 e. The number of carbonyl (C=O) groups is 2. The summed E-state index contributed by atoms with van der Waals surface area (Å²) in [6, 6.07) is 3.25. The average Bonchev–Trinajstić information content (AvgIpc) is 3.20. The van der Waals surface area contributed by atoms with E-state index in [1.165, 1.54) is 7.11 Å². The highest BCUT2D eigenvalue weighted by Gasteiger charge is 2.28. The highest BCUT2D eigenvalue weighted by molar-refractivity contribution is 5.96. The summed E-state index contributed by atoms with van der Waals surface area (Å²) in [4.78, 5) is 46.1. The first-order valence-corrected chi connectivity index (χ1v) is 10.7. The molecule has 1 aliphatic heterocycles. The lowest BCUT2D eigenvalue weighted by molar-refractivity contribution is -0.132. The Kier molecular flexibility index (Phi) is 6.29. The maximum atomic E-state index is 12.6. The molecule has 3 aromatic heterocycles. The van der Waals surface area contributed by atoms with Crippen molar-refractivity contribution in [1.82, 2.24) is 29.5 Å². The van der Waals surface area contributed by atoms with Crippen LogP contribution in [0.3, 0.4) is 0 Å². The van der Waals surface area contributed by atoms with E-state index in [0.29, 0.717) is 62.4 Å². The minimum atomic E-state index is -0.227. The number of piperidine rings is 1. The van der Waals surface area contributed by atoms with Crippen LogP contribution in [0.25, 0.3) is 5.65 Å². The molecule has 0 aliphatic carbocycles. The molecular weight excluding hydrogens is 412 g/mol. The van der Waals surface area contributed by atoms with Crippen LogP contribution in [0.5, 0.6) is 5.88 Å². The zero-order valence-corrected chi connectivity index (χ0v) is 18.2. The SMILES string of the molecule is COc1ccc(C(=O)C2CCN(C(=O)CCCc3cn4c(C)cnc4c(=O)[nH]3)CC2)nn1. The molecule has 1 N–H and O–H groups in total. The number of hydrogen-bond donors (Lipinski definition) is 1. The number of fused-ring (bicyclic) bond motifs is 1. The smallest absolute Gasteiger partial charge is 0.291 e. The summed E-state index contributed by atoms with van der Waals surface area (Å²) in [5.74, 6) is 0.242. The van der Waals surface area contributed by atoms with Crippen molar-refractivity contribution in [3.8, 4) is 5.88 Å². The van der Waals surface area contributed by atoms with Gasteiger partial charge in [0.2, 0.25) is 17.4 Å². The lowest BCUT2D eigenvalue weighted by Crippen LogP contribution is -2.40. The Balaban J connectivity index is 1.26. The van der Waals surface area contributed by atoms with Crippen LogP contribution in [-0.2, 0) is 11.2 Å². The average molecular weight is 438 g/mol. The number of H-pyrrole nitrogens is 1. The van der Waals surface area contributed by atoms with Crippen molar-refractivity contribution in [1.29, 1.82) is 0 Å². The molecule has 1 aliphatic rings. The molecule has 10 nitrogen and oxygen atoms in total. The van der Waals surface area contributed by atoms with Gasteiger partial charge in [0.25, 0.3) is 5.56 Å². The van der Waals surface area contributed by atoms with Crippen molar-refractivity contribution in [2.75, 3.05) is 20.2 Å². The van der Waals surface area contributed by atoms with E-state index >= 15 is 0 Å². The summed E-state index contributed by atoms with van der Waals surface area (Å²) in [5, 5.41) is 7.79. The van der Waals surface area contributed by atoms with Crippen molar-refractivity contribution in [3.05, 3.63) is 52.0 Å². The molecule has 0 unspecified atom stereocenters. The lowest BCUT2D eigenvalue weighted by atomic mass is 9.90. The molecule has 3 aromatic rings. The number of likely N-dealkylation sites (tertiary alicyclic amines) is 1. The second-order valence-electron chi connectivity index (χ2n) is 8.04. The number of carbonyl (C=O) groups excluding carboxylic acids is 2. The van der Waals surface area contributed by atoms with Crippen molar-refractivity contribution >= 4 is 17.3 Å². The van der Waals surface area contributed by atoms with Gasteiger partial charge in [-0.1, -0.05) is 0 Å². The number of hydrogen-bond acceptors (Lipinski definition) is 7. The molecule has 4 rings (SSSR count). The normalized spacial score (nSPS) is 14.6. The number of methoxy groups -OCH3 is 1. The van der Waals surface area contributed by atoms with Gasteiger partial charge in [0, 0.05) is 55.3 Å². The Morgan fingerprint density at radius 1 is 1.22 bits per heavy atom. The maximum Gasteiger partial charge on any atom is 0.291 e. The molecule has 1 amide bonds. The molecule has 0 saturated carbocycles. The van der Waals surface area contributed by atoms with E-state index in [9.17, 15) is 14.4 Å². The maximum absolute atomic E-state index is 12.6. The largest absolute Gasteiger partial charge is 0.480 e. The predicted molar refractivity (Wildman–Crippen MR) is 116 cm³/mol. The van der Waals surface area contributed by atoms with E-state index in [-0.39, 0.29) is 23.2 Å². The van der Waals surface area contributed by atoms with Crippen LogP contribution in [0.15, 0.2) is 29.3 Å². The number of ether oxygens (including phenoxy) is 1. The van der Waals surface area contributed by atoms with Gasteiger partial charge in [-0.25, -0.2) is 4.98 Å². The van der Waals surface area contributed by atoms with E-state index in [0.717, 1.165) is 11.4 Å². The molecule has 32 heavy (non-hydrogen) atoms. The summed E-state index contributed by atoms with van der Waals surface area (Å²) in [6.45, 7) is 2.99. The first-order valence-electron chi connectivity index (χ1n) is 10.7. The van der Waals surface area contributed by atoms with E-state index in [4.69, 9.17) is 4.74 Å². The molecule has 0 spiro atoms. The number of amides is 1. The van der Waals surface area contributed by atoms with Gasteiger partial charge in [0.15, 0.2) is 5.78 Å². The fourth-order valence-corrected chi connectivity index (χ4v) is 4.04. The van der Waals surface area contributed by atoms with Crippen LogP contribution in [0.4, 0.5) is 0 Å². The molecule has 168 valence electrons. The molecule has 1 fully saturated rings. The lowest BCUT2D eigenvalue weighted by Gasteiger charge is -2.31. The van der Waals surface area contributed by atoms with E-state index in [2.05, 4.69) is 20.2 Å². The second-order valence-corrected chi connectivity index (χ2v) is 8.04. The van der Waals surface area contributed by atoms with Gasteiger partial charge < -0.3 is 14.6 Å². The highest BCUT2D eigenvalue weighted by Crippen LogP contribution is 2.22. The third kappa shape index (κ3) is 4.53. The van der Waals surface area contributed by atoms with Crippen LogP contribution >= 0.6 is 0 Å². The van der Waals surface area contributed by atoms with Crippen molar-refractivity contribution < 1.29 is 14.3 Å². The van der Waals surface area contributed by atoms with Crippen molar-refractivity contribution in [2.45, 2.75) is 39.0 Å². The van der Waals surface area contributed by atoms with Crippen molar-refractivity contribution in [3.63, 3.8) is 0 Å². The minimum absolute atomic E-state index is 0.0404. The monoisotopic (exact) mass is 438 g/mol. The van der Waals surface area contributed by atoms with E-state index in [1.807, 2.05) is 18.0 Å². The summed E-state index contributed by atoms with van der Waals surface area (Å²) in [6.07, 6.45) is 6.38. The molecule has 0 bridgehead atoms. The molecule has 1 saturated heterocycles. The number of imidazole rings is 1. The second kappa shape index (κ2) is 9.29. The Morgan fingerprint density at radius 2 is 2.00 bits per heavy atom. The van der Waals surface area contributed by atoms with Gasteiger partial charge in [-0.15, -0.1) is 10.2 Å². The van der Waals surface area contributed by atoms with Gasteiger partial charge in [-0.3, -0.25) is 18.8 Å². The summed E-state index contributed by atoms with van der Waals surface area (Å²) >= 11 is 0. The standard InChI is InChI=1S/C22H26N6O4/c1-14-12-23-21-22(31)24-16(13-28(14)21)4-3-5-19(29)27-10-8-15(9-11-27)20(30)17-6-7-18(32-2)26-25-17/h6-7,12-13,15H,3-5,8-11H2,1-2H3,(H,24,31). The van der Waals surface area contributed by atoms with Crippen LogP contribution in [0.2, 0.25) is 0 Å². The molecule has 4 heterocycles. The first kappa shape index (κ1) is 21.7. The third-order valence-electron chi connectivity index (χ3n) is 5.90. The molecule has 10 heteroatoms. The summed E-state index contributed by atoms with van der Waals surface area (Å²) in [7, 11) is 1.50. The number of nitrogens with zero attached hydrogens (tertiary/aromatic N) is 5. The highest BCUT2D eigenvalue weighted by atomic mass is 16.5. The van der Waals surface area contributed by atoms with E-state index < -0.39 is 0 Å². The number of aryl methyl sites for hydroxylation is 2. The number of aromatic amines is 1. The number of ketones is 1. The van der Waals surface area contributed by atoms with Crippen LogP contribution in [-0.4, -0.2) is 61.4 Å². The topological polar surface area (TPSA) is 123 Å². The van der Waals surface area contributed by atoms with Crippen molar-refractivity contribution in [2.24, 2.45) is 5.92 Å². The number of aromatic nitrogens is 5. The molecule has 0 atom stereocenters. The van der Waals surface area contributed by atoms with Gasteiger partial charge in [0.05, 0.1) is 7.11 Å². The first-order chi connectivity index (χ1) is 15.5. The van der Waals surface area contributed by atoms with Gasteiger partial charge in [-0.05, 0) is 38.7 Å². The number of Topliss-reactive ketones (excluding diaryl/α,β-unsaturated/α-hetero) is 1. The van der Waals surface area contributed by atoms with E-state index in [1.54, 1.807) is 22.7 Å². The van der Waals surface area contributed by atoms with Crippen LogP contribution in [0.1, 0.15) is 47.6 Å². The Bertz CT molecular complexity index is 1180. The van der Waals surface area contributed by atoms with Gasteiger partial charge in [0.1, 0.15) is 5.69 Å². The Labute approximate surface area is 184 Å². The fraction of sp³-hybridized carbons (Fsp3) is 0.455. The van der Waals surface area contributed by atoms with Gasteiger partial charge >= 0.3 is 0 Å². The zero-order valence-electron chi connectivity index (χ0n) is 18.2. The summed E-state index contributed by atoms with van der Waals surface area (Å²) < 4.78 is 6.74. The van der Waals surface area contributed by atoms with Gasteiger partial charge in [-0.2, -0.15) is 0 Å². The molecular formula is C22H26N6O4. The number of nitrogens with one attached hydrogen (secondary N) is 1. The predicted octanol–water partition coefficient (Wildman–Crippen LogP) is 1.57. The molecule has 0 aromatic carbocycles. The quantitative estimate of drug-likeness (QED) is 0.556. The van der Waals surface area contributed by atoms with Crippen LogP contribution in [0, 0.1) is 12.8 Å². The zero-order chi connectivity index (χ0) is 22.7. The fourth-order valence-electron chi connectivity index (χ4n) is 4.04. The van der Waals surface area contributed by atoms with Crippen LogP contribution < -0.4 is 10.3 Å². The molecule has 0 radical (unpaired) electrons. The Morgan fingerprint density at radius 3 is 2.69 bits per heavy atom. The Hall–Kier alpha value is -3.56. The summed E-state index contributed by atoms with van der Waals surface area (Å²) in [5.41, 5.74) is 2.15.